The molecule has 0 saturated heterocycles. The molecule has 0 aliphatic heterocycles. The van der Waals surface area contributed by atoms with E-state index in [1.54, 1.807) is 0 Å². The Balaban J connectivity index is 3.31. The van der Waals surface area contributed by atoms with Crippen LogP contribution in [0.25, 0.3) is 0 Å². The molecule has 4 heteroatoms. The molecular weight excluding hydrogens is 168 g/mol. The Labute approximate surface area is 78.6 Å². The molecule has 3 nitrogen and oxygen atoms in total. The standard InChI is InChI=1S/C8H22N2OSi/c1-7(9)10-6-4-5-8(2,3)11-12/h7,10H,4-6,9H2,1-3,12H3. The summed E-state index contributed by atoms with van der Waals surface area (Å²) in [6, 6.07) is 0. The van der Waals surface area contributed by atoms with Crippen molar-refractivity contribution in [2.24, 2.45) is 5.73 Å². The molecule has 12 heavy (non-hydrogen) atoms. The summed E-state index contributed by atoms with van der Waals surface area (Å²) in [7, 11) is 0.817. The predicted octanol–water partition coefficient (Wildman–Crippen LogP) is -0.263. The van der Waals surface area contributed by atoms with E-state index in [0.717, 1.165) is 29.9 Å². The Kier molecular flexibility index (Phi) is 5.74. The molecule has 0 aromatic carbocycles. The van der Waals surface area contributed by atoms with Crippen molar-refractivity contribution in [1.29, 1.82) is 0 Å². The van der Waals surface area contributed by atoms with Gasteiger partial charge in [-0.15, -0.1) is 0 Å². The van der Waals surface area contributed by atoms with Gasteiger partial charge in [0.1, 0.15) is 10.5 Å². The van der Waals surface area contributed by atoms with Crippen LogP contribution >= 0.6 is 0 Å². The van der Waals surface area contributed by atoms with Crippen molar-refractivity contribution in [2.75, 3.05) is 6.54 Å². The Morgan fingerprint density at radius 1 is 1.58 bits per heavy atom. The topological polar surface area (TPSA) is 47.3 Å². The van der Waals surface area contributed by atoms with Crippen molar-refractivity contribution < 1.29 is 4.43 Å². The van der Waals surface area contributed by atoms with Gasteiger partial charge in [0.15, 0.2) is 0 Å². The highest BCUT2D eigenvalue weighted by Gasteiger charge is 2.14. The van der Waals surface area contributed by atoms with E-state index in [2.05, 4.69) is 19.2 Å². The largest absolute Gasteiger partial charge is 0.423 e. The molecule has 0 heterocycles. The van der Waals surface area contributed by atoms with Crippen molar-refractivity contribution in [3.8, 4) is 0 Å². The maximum absolute atomic E-state index is 5.54. The molecule has 0 rings (SSSR count). The summed E-state index contributed by atoms with van der Waals surface area (Å²) < 4.78 is 5.42. The summed E-state index contributed by atoms with van der Waals surface area (Å²) in [5, 5.41) is 3.18. The molecule has 0 amide bonds. The fraction of sp³-hybridized carbons (Fsp3) is 1.00. The van der Waals surface area contributed by atoms with Crippen LogP contribution in [0.3, 0.4) is 0 Å². The molecule has 0 aliphatic carbocycles. The lowest BCUT2D eigenvalue weighted by Gasteiger charge is -2.23. The Bertz CT molecular complexity index is 118. The SMILES string of the molecule is CC(N)NCCCC(C)(C)O[SiH3]. The third-order valence-electron chi connectivity index (χ3n) is 1.97. The molecule has 0 fully saturated rings. The zero-order valence-electron chi connectivity index (χ0n) is 8.68. The summed E-state index contributed by atoms with van der Waals surface area (Å²) in [5.41, 5.74) is 5.60. The van der Waals surface area contributed by atoms with E-state index in [1.165, 1.54) is 0 Å². The first kappa shape index (κ1) is 12.1. The summed E-state index contributed by atoms with van der Waals surface area (Å²) in [6.07, 6.45) is 2.32. The molecule has 3 N–H and O–H groups in total. The summed E-state index contributed by atoms with van der Waals surface area (Å²) in [6.45, 7) is 7.19. The maximum Gasteiger partial charge on any atom is 0.146 e. The van der Waals surface area contributed by atoms with Crippen molar-refractivity contribution in [3.05, 3.63) is 0 Å². The lowest BCUT2D eigenvalue weighted by atomic mass is 10.0. The highest BCUT2D eigenvalue weighted by molar-refractivity contribution is 5.98. The van der Waals surface area contributed by atoms with Gasteiger partial charge in [-0.1, -0.05) is 0 Å². The van der Waals surface area contributed by atoms with Crippen LogP contribution in [0.4, 0.5) is 0 Å². The van der Waals surface area contributed by atoms with Crippen molar-refractivity contribution >= 4 is 10.5 Å². The predicted molar refractivity (Wildman–Crippen MR) is 56.0 cm³/mol. The third-order valence-corrected chi connectivity index (χ3v) is 3.08. The number of nitrogens with two attached hydrogens (primary N) is 1. The number of hydrogen-bond acceptors (Lipinski definition) is 3. The molecule has 0 aromatic heterocycles. The molecule has 1 unspecified atom stereocenters. The second-order valence-corrected chi connectivity index (χ2v) is 4.22. The van der Waals surface area contributed by atoms with Crippen LogP contribution < -0.4 is 11.1 Å². The smallest absolute Gasteiger partial charge is 0.146 e. The molecule has 0 aliphatic rings. The molecule has 0 radical (unpaired) electrons. The molecule has 74 valence electrons. The number of rotatable bonds is 6. The van der Waals surface area contributed by atoms with Crippen molar-refractivity contribution in [1.82, 2.24) is 5.32 Å². The van der Waals surface area contributed by atoms with E-state index in [-0.39, 0.29) is 11.8 Å². The van der Waals surface area contributed by atoms with Gasteiger partial charge in [-0.3, -0.25) is 0 Å². The Morgan fingerprint density at radius 2 is 2.17 bits per heavy atom. The second kappa shape index (κ2) is 5.69. The van der Waals surface area contributed by atoms with Gasteiger partial charge < -0.3 is 15.5 Å². The van der Waals surface area contributed by atoms with Crippen LogP contribution in [-0.2, 0) is 4.43 Å². The normalized spacial score (nSPS) is 15.0. The highest BCUT2D eigenvalue weighted by Crippen LogP contribution is 2.13. The Hall–Kier alpha value is 0.0969. The second-order valence-electron chi connectivity index (χ2n) is 3.81. The van der Waals surface area contributed by atoms with Gasteiger partial charge in [-0.2, -0.15) is 0 Å². The number of hydrogen-bond donors (Lipinski definition) is 2. The molecule has 0 spiro atoms. The van der Waals surface area contributed by atoms with E-state index in [9.17, 15) is 0 Å². The van der Waals surface area contributed by atoms with Crippen LogP contribution in [0.1, 0.15) is 33.6 Å². The van der Waals surface area contributed by atoms with Gasteiger partial charge in [0.25, 0.3) is 0 Å². The van der Waals surface area contributed by atoms with Crippen LogP contribution in [0.15, 0.2) is 0 Å². The minimum absolute atomic E-state index is 0.0612. The first-order chi connectivity index (χ1) is 5.48. The quantitative estimate of drug-likeness (QED) is 0.344. The molecular formula is C8H22N2OSi. The Morgan fingerprint density at radius 3 is 2.58 bits per heavy atom. The van der Waals surface area contributed by atoms with Crippen LogP contribution in [0, 0.1) is 0 Å². The maximum atomic E-state index is 5.54. The molecule has 0 saturated carbocycles. The van der Waals surface area contributed by atoms with Crippen molar-refractivity contribution in [3.63, 3.8) is 0 Å². The van der Waals surface area contributed by atoms with Gasteiger partial charge in [0.05, 0.1) is 6.17 Å². The summed E-state index contributed by atoms with van der Waals surface area (Å²) in [5.74, 6) is 0. The first-order valence-corrected chi connectivity index (χ1v) is 5.34. The van der Waals surface area contributed by atoms with Crippen molar-refractivity contribution in [2.45, 2.75) is 45.4 Å². The first-order valence-electron chi connectivity index (χ1n) is 4.52. The van der Waals surface area contributed by atoms with Gasteiger partial charge >= 0.3 is 0 Å². The lowest BCUT2D eigenvalue weighted by molar-refractivity contribution is 0.110. The minimum atomic E-state index is 0.0612. The third kappa shape index (κ3) is 6.79. The van der Waals surface area contributed by atoms with Gasteiger partial charge in [-0.25, -0.2) is 0 Å². The van der Waals surface area contributed by atoms with Crippen LogP contribution in [0.5, 0.6) is 0 Å². The van der Waals surface area contributed by atoms with E-state index in [4.69, 9.17) is 10.2 Å². The average Bonchev–Trinajstić information content (AvgIpc) is 1.98. The summed E-state index contributed by atoms with van der Waals surface area (Å²) >= 11 is 0. The monoisotopic (exact) mass is 190 g/mol. The van der Waals surface area contributed by atoms with E-state index in [0.29, 0.717) is 0 Å². The van der Waals surface area contributed by atoms with Crippen LogP contribution in [-0.4, -0.2) is 28.8 Å². The van der Waals surface area contributed by atoms with Gasteiger partial charge in [0.2, 0.25) is 0 Å². The zero-order valence-corrected chi connectivity index (χ0v) is 10.7. The van der Waals surface area contributed by atoms with E-state index < -0.39 is 0 Å². The summed E-state index contributed by atoms with van der Waals surface area (Å²) in [4.78, 5) is 0. The molecule has 1 atom stereocenters. The zero-order chi connectivity index (χ0) is 9.61. The minimum Gasteiger partial charge on any atom is -0.423 e. The van der Waals surface area contributed by atoms with E-state index >= 15 is 0 Å². The fourth-order valence-corrected chi connectivity index (χ4v) is 1.15. The highest BCUT2D eigenvalue weighted by atomic mass is 28.2. The molecule has 0 aromatic rings. The lowest BCUT2D eigenvalue weighted by Crippen LogP contribution is -2.35. The fourth-order valence-electron chi connectivity index (χ4n) is 0.946. The van der Waals surface area contributed by atoms with Crippen LogP contribution in [0.2, 0.25) is 0 Å². The average molecular weight is 190 g/mol. The van der Waals surface area contributed by atoms with Gasteiger partial charge in [0, 0.05) is 5.60 Å². The van der Waals surface area contributed by atoms with E-state index in [1.807, 2.05) is 6.92 Å². The van der Waals surface area contributed by atoms with Gasteiger partial charge in [-0.05, 0) is 40.2 Å². The molecule has 0 bridgehead atoms. The number of nitrogens with one attached hydrogen (secondary N) is 1.